The third-order valence-corrected chi connectivity index (χ3v) is 7.44. The van der Waals surface area contributed by atoms with Gasteiger partial charge in [-0.3, -0.25) is 14.1 Å². The third kappa shape index (κ3) is 5.03. The number of hydrogen-bond donors (Lipinski definition) is 3. The molecule has 11 heteroatoms. The Morgan fingerprint density at radius 3 is 2.51 bits per heavy atom. The number of H-pyrrole nitrogens is 1. The van der Waals surface area contributed by atoms with Crippen LogP contribution in [0.25, 0.3) is 38.8 Å². The normalized spacial score (nSPS) is 12.5. The van der Waals surface area contributed by atoms with Crippen LogP contribution >= 0.6 is 0 Å². The summed E-state index contributed by atoms with van der Waals surface area (Å²) in [6.45, 7) is 3.84. The van der Waals surface area contributed by atoms with Gasteiger partial charge in [0.25, 0.3) is 5.56 Å². The number of aromatic amines is 1. The van der Waals surface area contributed by atoms with Gasteiger partial charge in [0.15, 0.2) is 0 Å². The Bertz CT molecular complexity index is 2090. The number of hydrogen-bond acceptors (Lipinski definition) is 7. The van der Waals surface area contributed by atoms with Gasteiger partial charge in [-0.05, 0) is 55.3 Å². The van der Waals surface area contributed by atoms with Crippen molar-refractivity contribution < 1.29 is 8.42 Å². The molecular formula is C30H27N7O3S. The van der Waals surface area contributed by atoms with Crippen molar-refractivity contribution in [3.63, 3.8) is 0 Å². The van der Waals surface area contributed by atoms with Gasteiger partial charge in [0.1, 0.15) is 23.6 Å². The third-order valence-electron chi connectivity index (χ3n) is 6.83. The minimum Gasteiger partial charge on any atom is -0.360 e. The van der Waals surface area contributed by atoms with E-state index in [0.717, 1.165) is 28.3 Å². The number of benzene rings is 3. The number of nitrogens with zero attached hydrogens (tertiary/aromatic N) is 4. The van der Waals surface area contributed by atoms with E-state index in [-0.39, 0.29) is 5.56 Å². The molecule has 0 saturated heterocycles. The standard InChI is InChI=1S/C30H27N7O3S/c1-18-9-7-14-24-25(18)30(38)37(22-12-5-4-6-13-22)29(35-24)19(2)34-28-26-23(16-31-27(26)32-17-33-28)20-10-8-11-21(15-20)36-41(3,39)40/h4-17,19,36H,1-3H3,(H2,31,32,33,34). The Morgan fingerprint density at radius 2 is 1.73 bits per heavy atom. The quantitative estimate of drug-likeness (QED) is 0.243. The highest BCUT2D eigenvalue weighted by Gasteiger charge is 2.21. The molecule has 0 spiro atoms. The van der Waals surface area contributed by atoms with Gasteiger partial charge in [0, 0.05) is 17.4 Å². The first-order valence-corrected chi connectivity index (χ1v) is 14.8. The molecule has 0 aliphatic heterocycles. The minimum atomic E-state index is -3.44. The molecule has 3 aromatic heterocycles. The number of rotatable bonds is 7. The van der Waals surface area contributed by atoms with Gasteiger partial charge in [-0.2, -0.15) is 0 Å². The van der Waals surface area contributed by atoms with Gasteiger partial charge in [-0.1, -0.05) is 42.5 Å². The summed E-state index contributed by atoms with van der Waals surface area (Å²) in [5.74, 6) is 1.07. The molecule has 3 aromatic carbocycles. The molecule has 0 aliphatic carbocycles. The van der Waals surface area contributed by atoms with E-state index in [9.17, 15) is 13.2 Å². The molecule has 0 amide bonds. The Morgan fingerprint density at radius 1 is 0.951 bits per heavy atom. The van der Waals surface area contributed by atoms with Crippen molar-refractivity contribution in [2.24, 2.45) is 0 Å². The fourth-order valence-corrected chi connectivity index (χ4v) is 5.62. The van der Waals surface area contributed by atoms with Crippen LogP contribution in [0, 0.1) is 6.92 Å². The van der Waals surface area contributed by atoms with Crippen LogP contribution in [0.5, 0.6) is 0 Å². The van der Waals surface area contributed by atoms with Crippen molar-refractivity contribution >= 4 is 43.5 Å². The summed E-state index contributed by atoms with van der Waals surface area (Å²) in [6, 6.07) is 21.8. The number of aryl methyl sites for hydroxylation is 1. The largest absolute Gasteiger partial charge is 0.360 e. The zero-order chi connectivity index (χ0) is 28.7. The SMILES string of the molecule is Cc1cccc2nc(C(C)Nc3ncnc4[nH]cc(-c5cccc(NS(C)(=O)=O)c5)c34)n(-c3ccccc3)c(=O)c12. The van der Waals surface area contributed by atoms with E-state index in [0.29, 0.717) is 39.6 Å². The number of sulfonamides is 1. The summed E-state index contributed by atoms with van der Waals surface area (Å²) in [6.07, 6.45) is 4.38. The Kier molecular flexibility index (Phi) is 6.50. The summed E-state index contributed by atoms with van der Waals surface area (Å²) in [5.41, 5.74) is 4.66. The smallest absolute Gasteiger partial charge is 0.266 e. The highest BCUT2D eigenvalue weighted by molar-refractivity contribution is 7.92. The number of fused-ring (bicyclic) bond motifs is 2. The van der Waals surface area contributed by atoms with Crippen LogP contribution in [0.3, 0.4) is 0 Å². The van der Waals surface area contributed by atoms with Gasteiger partial charge in [-0.25, -0.2) is 23.4 Å². The lowest BCUT2D eigenvalue weighted by molar-refractivity contribution is 0.607. The average Bonchev–Trinajstić information content (AvgIpc) is 3.38. The molecule has 0 fully saturated rings. The van der Waals surface area contributed by atoms with E-state index in [2.05, 4.69) is 25.0 Å². The maximum Gasteiger partial charge on any atom is 0.266 e. The fourth-order valence-electron chi connectivity index (χ4n) is 5.06. The van der Waals surface area contributed by atoms with Gasteiger partial charge in [-0.15, -0.1) is 0 Å². The van der Waals surface area contributed by atoms with Gasteiger partial charge in [0.2, 0.25) is 10.0 Å². The Hall–Kier alpha value is -5.03. The molecule has 41 heavy (non-hydrogen) atoms. The molecule has 206 valence electrons. The van der Waals surface area contributed by atoms with Gasteiger partial charge in [0.05, 0.1) is 34.3 Å². The highest BCUT2D eigenvalue weighted by atomic mass is 32.2. The number of aromatic nitrogens is 5. The lowest BCUT2D eigenvalue weighted by Gasteiger charge is -2.21. The van der Waals surface area contributed by atoms with Crippen LogP contribution in [0.15, 0.2) is 90.1 Å². The van der Waals surface area contributed by atoms with Crippen LogP contribution < -0.4 is 15.6 Å². The molecule has 0 bridgehead atoms. The van der Waals surface area contributed by atoms with E-state index < -0.39 is 16.1 Å². The van der Waals surface area contributed by atoms with E-state index in [1.165, 1.54) is 6.33 Å². The maximum atomic E-state index is 13.9. The van der Waals surface area contributed by atoms with Crippen molar-refractivity contribution in [3.8, 4) is 16.8 Å². The van der Waals surface area contributed by atoms with Gasteiger partial charge >= 0.3 is 0 Å². The van der Waals surface area contributed by atoms with Crippen molar-refractivity contribution in [1.29, 1.82) is 0 Å². The molecule has 1 atom stereocenters. The van der Waals surface area contributed by atoms with Crippen LogP contribution in [0.1, 0.15) is 24.4 Å². The minimum absolute atomic E-state index is 0.145. The van der Waals surface area contributed by atoms with Crippen LogP contribution in [-0.4, -0.2) is 39.2 Å². The second-order valence-electron chi connectivity index (χ2n) is 9.88. The van der Waals surface area contributed by atoms with E-state index >= 15 is 0 Å². The summed E-state index contributed by atoms with van der Waals surface area (Å²) in [7, 11) is -3.44. The molecule has 3 heterocycles. The number of anilines is 2. The van der Waals surface area contributed by atoms with Crippen molar-refractivity contribution in [2.75, 3.05) is 16.3 Å². The highest BCUT2D eigenvalue weighted by Crippen LogP contribution is 2.34. The predicted octanol–water partition coefficient (Wildman–Crippen LogP) is 5.18. The Balaban J connectivity index is 1.47. The van der Waals surface area contributed by atoms with Crippen LogP contribution in [0.4, 0.5) is 11.5 Å². The lowest BCUT2D eigenvalue weighted by Crippen LogP contribution is -2.27. The van der Waals surface area contributed by atoms with E-state index in [4.69, 9.17) is 4.98 Å². The second-order valence-corrected chi connectivity index (χ2v) is 11.6. The average molecular weight is 566 g/mol. The maximum absolute atomic E-state index is 13.9. The summed E-state index contributed by atoms with van der Waals surface area (Å²) in [5, 5.41) is 4.76. The second kappa shape index (κ2) is 10.2. The summed E-state index contributed by atoms with van der Waals surface area (Å²) >= 11 is 0. The molecular weight excluding hydrogens is 538 g/mol. The fraction of sp³-hybridized carbons (Fsp3) is 0.133. The predicted molar refractivity (Wildman–Crippen MR) is 162 cm³/mol. The van der Waals surface area contributed by atoms with E-state index in [1.807, 2.05) is 74.6 Å². The molecule has 6 aromatic rings. The first-order valence-electron chi connectivity index (χ1n) is 12.9. The zero-order valence-electron chi connectivity index (χ0n) is 22.6. The molecule has 0 aliphatic rings. The van der Waals surface area contributed by atoms with Crippen molar-refractivity contribution in [2.45, 2.75) is 19.9 Å². The molecule has 0 radical (unpaired) electrons. The van der Waals surface area contributed by atoms with E-state index in [1.54, 1.807) is 22.8 Å². The first-order chi connectivity index (χ1) is 19.7. The van der Waals surface area contributed by atoms with Crippen LogP contribution in [0.2, 0.25) is 0 Å². The Labute approximate surface area is 236 Å². The van der Waals surface area contributed by atoms with Gasteiger partial charge < -0.3 is 10.3 Å². The molecule has 6 rings (SSSR count). The summed E-state index contributed by atoms with van der Waals surface area (Å²) in [4.78, 5) is 31.0. The van der Waals surface area contributed by atoms with Crippen LogP contribution in [-0.2, 0) is 10.0 Å². The molecule has 0 saturated carbocycles. The molecule has 3 N–H and O–H groups in total. The topological polar surface area (TPSA) is 135 Å². The number of nitrogens with one attached hydrogen (secondary N) is 3. The summed E-state index contributed by atoms with van der Waals surface area (Å²) < 4.78 is 27.8. The monoisotopic (exact) mass is 565 g/mol. The molecule has 10 nitrogen and oxygen atoms in total. The number of para-hydroxylation sites is 1. The van der Waals surface area contributed by atoms with Crippen molar-refractivity contribution in [1.82, 2.24) is 24.5 Å². The molecule has 1 unspecified atom stereocenters. The zero-order valence-corrected chi connectivity index (χ0v) is 23.4. The van der Waals surface area contributed by atoms with Crippen molar-refractivity contribution in [3.05, 3.63) is 107 Å². The lowest BCUT2D eigenvalue weighted by atomic mass is 10.1. The first kappa shape index (κ1) is 26.2.